The third-order valence-electron chi connectivity index (χ3n) is 3.07. The molecule has 0 saturated carbocycles. The Labute approximate surface area is 118 Å². The van der Waals surface area contributed by atoms with Gasteiger partial charge in [-0.25, -0.2) is 4.79 Å². The van der Waals surface area contributed by atoms with E-state index in [1.807, 2.05) is 0 Å². The van der Waals surface area contributed by atoms with Crippen LogP contribution >= 0.6 is 0 Å². The van der Waals surface area contributed by atoms with Crippen LogP contribution in [0.5, 0.6) is 0 Å². The Hall–Kier alpha value is -1.76. The summed E-state index contributed by atoms with van der Waals surface area (Å²) in [4.78, 5) is 25.1. The zero-order valence-corrected chi connectivity index (χ0v) is 12.2. The molecule has 0 bridgehead atoms. The molecule has 1 N–H and O–H groups in total. The summed E-state index contributed by atoms with van der Waals surface area (Å²) in [6.45, 7) is 7.42. The number of aromatic nitrogens is 2. The van der Waals surface area contributed by atoms with Crippen molar-refractivity contribution in [3.8, 4) is 0 Å². The van der Waals surface area contributed by atoms with Gasteiger partial charge < -0.3 is 5.32 Å². The summed E-state index contributed by atoms with van der Waals surface area (Å²) in [5.41, 5.74) is -0.635. The van der Waals surface area contributed by atoms with Gasteiger partial charge in [-0.1, -0.05) is 13.8 Å². The molecule has 0 aromatic carbocycles. The molecule has 20 heavy (non-hydrogen) atoms. The second-order valence-corrected chi connectivity index (χ2v) is 5.37. The average Bonchev–Trinajstić information content (AvgIpc) is 2.38. The van der Waals surface area contributed by atoms with Crippen LogP contribution in [0.15, 0.2) is 17.2 Å². The van der Waals surface area contributed by atoms with Gasteiger partial charge >= 0.3 is 11.4 Å². The van der Waals surface area contributed by atoms with Crippen LogP contribution in [-0.4, -0.2) is 27.1 Å². The smallest absolute Gasteiger partial charge is 0.312 e. The Morgan fingerprint density at radius 2 is 2.10 bits per heavy atom. The fraction of sp³-hybridized carbons (Fsp3) is 0.692. The van der Waals surface area contributed by atoms with E-state index in [0.29, 0.717) is 25.0 Å². The van der Waals surface area contributed by atoms with Crippen LogP contribution in [0.25, 0.3) is 0 Å². The highest BCUT2D eigenvalue weighted by Crippen LogP contribution is 2.06. The van der Waals surface area contributed by atoms with E-state index in [1.54, 1.807) is 0 Å². The molecule has 1 unspecified atom stereocenters. The summed E-state index contributed by atoms with van der Waals surface area (Å²) in [5.74, 6) is 0.669. The molecule has 0 aliphatic rings. The van der Waals surface area contributed by atoms with Gasteiger partial charge in [-0.05, 0) is 25.7 Å². The molecule has 112 valence electrons. The van der Waals surface area contributed by atoms with Gasteiger partial charge in [0.1, 0.15) is 6.20 Å². The summed E-state index contributed by atoms with van der Waals surface area (Å²) in [7, 11) is 0. The molecule has 7 heteroatoms. The molecule has 0 aliphatic heterocycles. The van der Waals surface area contributed by atoms with Crippen molar-refractivity contribution in [3.63, 3.8) is 0 Å². The molecule has 0 amide bonds. The molecule has 1 atom stereocenters. The maximum Gasteiger partial charge on any atom is 0.348 e. The van der Waals surface area contributed by atoms with Gasteiger partial charge in [0.05, 0.1) is 11.1 Å². The molecule has 7 nitrogen and oxygen atoms in total. The zero-order chi connectivity index (χ0) is 15.1. The Morgan fingerprint density at radius 3 is 2.70 bits per heavy atom. The average molecular weight is 282 g/mol. The summed E-state index contributed by atoms with van der Waals surface area (Å²) < 4.78 is 1.26. The molecule has 1 aromatic heterocycles. The van der Waals surface area contributed by atoms with Gasteiger partial charge in [0.25, 0.3) is 0 Å². The quantitative estimate of drug-likeness (QED) is 0.577. The molecule has 1 aromatic rings. The SMILES string of the molecule is CC(C)CCC(C)NCCn1cc([N+](=O)[O-])cnc1=O. The molecule has 0 radical (unpaired) electrons. The highest BCUT2D eigenvalue weighted by atomic mass is 16.6. The Kier molecular flexibility index (Phi) is 6.30. The molecule has 0 saturated heterocycles. The fourth-order valence-electron chi connectivity index (χ4n) is 1.82. The van der Waals surface area contributed by atoms with E-state index in [4.69, 9.17) is 0 Å². The second kappa shape index (κ2) is 7.74. The largest absolute Gasteiger partial charge is 0.348 e. The van der Waals surface area contributed by atoms with Crippen molar-refractivity contribution < 1.29 is 4.92 Å². The normalized spacial score (nSPS) is 12.6. The van der Waals surface area contributed by atoms with Crippen LogP contribution in [0.3, 0.4) is 0 Å². The lowest BCUT2D eigenvalue weighted by Crippen LogP contribution is -2.33. The number of hydrogen-bond acceptors (Lipinski definition) is 5. The minimum atomic E-state index is -0.554. The molecule has 0 aliphatic carbocycles. The Balaban J connectivity index is 2.47. The lowest BCUT2D eigenvalue weighted by Gasteiger charge is -2.15. The molecular weight excluding hydrogens is 260 g/mol. The number of nitro groups is 1. The predicted octanol–water partition coefficient (Wildman–Crippen LogP) is 1.57. The zero-order valence-electron chi connectivity index (χ0n) is 12.2. The van der Waals surface area contributed by atoms with Crippen LogP contribution in [0.4, 0.5) is 5.69 Å². The van der Waals surface area contributed by atoms with Crippen LogP contribution in [-0.2, 0) is 6.54 Å². The van der Waals surface area contributed by atoms with Gasteiger partial charge in [-0.3, -0.25) is 14.7 Å². The number of rotatable bonds is 8. The molecule has 0 spiro atoms. The standard InChI is InChI=1S/C13H22N4O3/c1-10(2)4-5-11(3)14-6-7-16-9-12(17(19)20)8-15-13(16)18/h8-11,14H,4-7H2,1-3H3. The van der Waals surface area contributed by atoms with Crippen molar-refractivity contribution in [2.45, 2.75) is 46.2 Å². The highest BCUT2D eigenvalue weighted by molar-refractivity contribution is 5.20. The van der Waals surface area contributed by atoms with Gasteiger partial charge in [0.2, 0.25) is 0 Å². The van der Waals surface area contributed by atoms with E-state index < -0.39 is 10.6 Å². The topological polar surface area (TPSA) is 90.1 Å². The number of hydrogen-bond donors (Lipinski definition) is 1. The molecular formula is C13H22N4O3. The first-order chi connectivity index (χ1) is 9.40. The van der Waals surface area contributed by atoms with Gasteiger partial charge in [-0.2, -0.15) is 4.98 Å². The van der Waals surface area contributed by atoms with Crippen molar-refractivity contribution in [2.24, 2.45) is 5.92 Å². The molecule has 1 rings (SSSR count). The van der Waals surface area contributed by atoms with E-state index in [1.165, 1.54) is 10.8 Å². The molecule has 0 fully saturated rings. The van der Waals surface area contributed by atoms with Crippen LogP contribution in [0.2, 0.25) is 0 Å². The van der Waals surface area contributed by atoms with Gasteiger partial charge in [-0.15, -0.1) is 0 Å². The second-order valence-electron chi connectivity index (χ2n) is 5.37. The summed E-state index contributed by atoms with van der Waals surface area (Å²) in [6.07, 6.45) is 4.43. The first-order valence-corrected chi connectivity index (χ1v) is 6.84. The first-order valence-electron chi connectivity index (χ1n) is 6.84. The highest BCUT2D eigenvalue weighted by Gasteiger charge is 2.09. The van der Waals surface area contributed by atoms with Crippen LogP contribution < -0.4 is 11.0 Å². The number of nitrogens with one attached hydrogen (secondary N) is 1. The van der Waals surface area contributed by atoms with Crippen LogP contribution in [0.1, 0.15) is 33.6 Å². The van der Waals surface area contributed by atoms with Gasteiger partial charge in [0, 0.05) is 19.1 Å². The molecule has 1 heterocycles. The lowest BCUT2D eigenvalue weighted by molar-refractivity contribution is -0.385. The van der Waals surface area contributed by atoms with E-state index in [9.17, 15) is 14.9 Å². The van der Waals surface area contributed by atoms with Crippen molar-refractivity contribution in [3.05, 3.63) is 33.0 Å². The third-order valence-corrected chi connectivity index (χ3v) is 3.07. The third kappa shape index (κ3) is 5.48. The van der Waals surface area contributed by atoms with Crippen LogP contribution in [0, 0.1) is 16.0 Å². The lowest BCUT2D eigenvalue weighted by atomic mass is 10.0. The fourth-order valence-corrected chi connectivity index (χ4v) is 1.82. The minimum absolute atomic E-state index is 0.169. The van der Waals surface area contributed by atoms with E-state index in [0.717, 1.165) is 19.0 Å². The van der Waals surface area contributed by atoms with E-state index in [2.05, 4.69) is 31.1 Å². The van der Waals surface area contributed by atoms with Crippen molar-refractivity contribution in [2.75, 3.05) is 6.54 Å². The first kappa shape index (κ1) is 16.3. The summed E-state index contributed by atoms with van der Waals surface area (Å²) in [5, 5.41) is 13.9. The maximum absolute atomic E-state index is 11.5. The van der Waals surface area contributed by atoms with E-state index in [-0.39, 0.29) is 5.69 Å². The van der Waals surface area contributed by atoms with E-state index >= 15 is 0 Å². The van der Waals surface area contributed by atoms with Crippen molar-refractivity contribution >= 4 is 5.69 Å². The minimum Gasteiger partial charge on any atom is -0.312 e. The Morgan fingerprint density at radius 1 is 1.40 bits per heavy atom. The van der Waals surface area contributed by atoms with Crippen molar-refractivity contribution in [1.29, 1.82) is 0 Å². The predicted molar refractivity (Wildman–Crippen MR) is 76.7 cm³/mol. The summed E-state index contributed by atoms with van der Waals surface area (Å²) >= 11 is 0. The monoisotopic (exact) mass is 282 g/mol. The van der Waals surface area contributed by atoms with Gasteiger partial charge in [0.15, 0.2) is 0 Å². The summed E-state index contributed by atoms with van der Waals surface area (Å²) in [6, 6.07) is 0.361. The van der Waals surface area contributed by atoms with Crippen molar-refractivity contribution in [1.82, 2.24) is 14.9 Å². The maximum atomic E-state index is 11.5. The Bertz CT molecular complexity index is 499. The number of nitrogens with zero attached hydrogens (tertiary/aromatic N) is 3.